The van der Waals surface area contributed by atoms with Crippen LogP contribution in [0.5, 0.6) is 5.75 Å². The number of thiophene rings is 1. The normalized spacial score (nSPS) is 11.0. The highest BCUT2D eigenvalue weighted by atomic mass is 32.2. The Hall–Kier alpha value is -2.71. The summed E-state index contributed by atoms with van der Waals surface area (Å²) in [4.78, 5) is 13.4. The van der Waals surface area contributed by atoms with Crippen molar-refractivity contribution in [3.63, 3.8) is 0 Å². The van der Waals surface area contributed by atoms with Crippen molar-refractivity contribution in [2.75, 3.05) is 12.9 Å². The number of ether oxygens (including phenoxy) is 1. The smallest absolute Gasteiger partial charge is 0.195 e. The molecule has 0 fully saturated rings. The van der Waals surface area contributed by atoms with Gasteiger partial charge in [-0.05, 0) is 47.8 Å². The molecule has 0 aliphatic rings. The number of ketones is 1. The van der Waals surface area contributed by atoms with E-state index in [0.717, 1.165) is 15.7 Å². The minimum Gasteiger partial charge on any atom is -0.497 e. The van der Waals surface area contributed by atoms with Gasteiger partial charge in [0.1, 0.15) is 10.8 Å². The van der Waals surface area contributed by atoms with Crippen LogP contribution in [0.25, 0.3) is 16.3 Å². The predicted molar refractivity (Wildman–Crippen MR) is 102 cm³/mol. The summed E-state index contributed by atoms with van der Waals surface area (Å²) < 4.78 is 6.83. The predicted octanol–water partition coefficient (Wildman–Crippen LogP) is 3.84. The van der Waals surface area contributed by atoms with Crippen molar-refractivity contribution in [1.82, 2.24) is 19.8 Å². The summed E-state index contributed by atoms with van der Waals surface area (Å²) in [5.41, 5.74) is 1.34. The van der Waals surface area contributed by atoms with E-state index in [1.165, 1.54) is 11.8 Å². The number of hydrogen-bond acceptors (Lipinski definition) is 7. The molecule has 0 saturated carbocycles. The lowest BCUT2D eigenvalue weighted by Gasteiger charge is -2.04. The van der Waals surface area contributed by atoms with E-state index >= 15 is 0 Å². The van der Waals surface area contributed by atoms with Gasteiger partial charge in [0, 0.05) is 5.56 Å². The summed E-state index contributed by atoms with van der Waals surface area (Å²) in [6.07, 6.45) is 0. The fraction of sp³-hybridized carbons (Fsp3) is 0.111. The lowest BCUT2D eigenvalue weighted by Crippen LogP contribution is -2.03. The third-order valence-electron chi connectivity index (χ3n) is 3.74. The molecule has 26 heavy (non-hydrogen) atoms. The summed E-state index contributed by atoms with van der Waals surface area (Å²) in [5, 5.41) is 15.7. The van der Waals surface area contributed by atoms with Crippen molar-refractivity contribution in [3.8, 4) is 16.5 Å². The number of carbonyl (C=O) groups is 1. The van der Waals surface area contributed by atoms with Crippen LogP contribution in [-0.4, -0.2) is 38.5 Å². The molecule has 3 aromatic heterocycles. The highest BCUT2D eigenvalue weighted by molar-refractivity contribution is 7.99. The molecule has 1 aromatic carbocycles. The van der Waals surface area contributed by atoms with Crippen LogP contribution in [-0.2, 0) is 0 Å². The number of methoxy groups -OCH3 is 1. The second-order valence-corrected chi connectivity index (χ2v) is 7.33. The van der Waals surface area contributed by atoms with Gasteiger partial charge in [0.25, 0.3) is 0 Å². The van der Waals surface area contributed by atoms with E-state index in [1.807, 2.05) is 29.6 Å². The average molecular weight is 382 g/mol. The molecule has 0 saturated heterocycles. The Balaban J connectivity index is 1.52. The molecule has 0 aliphatic carbocycles. The summed E-state index contributed by atoms with van der Waals surface area (Å²) >= 11 is 2.98. The van der Waals surface area contributed by atoms with Gasteiger partial charge in [0.05, 0.1) is 17.7 Å². The molecule has 4 aromatic rings. The van der Waals surface area contributed by atoms with Gasteiger partial charge < -0.3 is 4.74 Å². The highest BCUT2D eigenvalue weighted by Crippen LogP contribution is 2.24. The minimum atomic E-state index is 0.0433. The van der Waals surface area contributed by atoms with Crippen molar-refractivity contribution >= 4 is 34.5 Å². The van der Waals surface area contributed by atoms with Gasteiger partial charge in [0.2, 0.25) is 0 Å². The molecule has 4 rings (SSSR count). The summed E-state index contributed by atoms with van der Waals surface area (Å²) in [6.45, 7) is 0. The van der Waals surface area contributed by atoms with Crippen molar-refractivity contribution in [1.29, 1.82) is 0 Å². The Morgan fingerprint density at radius 2 is 2.00 bits per heavy atom. The van der Waals surface area contributed by atoms with Gasteiger partial charge in [-0.2, -0.15) is 9.61 Å². The fourth-order valence-corrected chi connectivity index (χ4v) is 3.85. The number of fused-ring (bicyclic) bond motifs is 1. The molecule has 8 heteroatoms. The third-order valence-corrected chi connectivity index (χ3v) is 5.53. The van der Waals surface area contributed by atoms with E-state index in [2.05, 4.69) is 15.3 Å². The molecule has 0 unspecified atom stereocenters. The van der Waals surface area contributed by atoms with E-state index in [9.17, 15) is 4.79 Å². The SMILES string of the molecule is COc1ccc(C(=O)CSc2ccc3nnc(-c4cccs4)n3n2)cc1. The Kier molecular flexibility index (Phi) is 4.68. The molecule has 130 valence electrons. The first-order valence-corrected chi connectivity index (χ1v) is 9.67. The van der Waals surface area contributed by atoms with Crippen molar-refractivity contribution in [2.24, 2.45) is 0 Å². The number of Topliss-reactive ketones (excluding diaryl/α,β-unsaturated/α-hetero) is 1. The molecule has 0 N–H and O–H groups in total. The van der Waals surface area contributed by atoms with E-state index in [-0.39, 0.29) is 5.78 Å². The summed E-state index contributed by atoms with van der Waals surface area (Å²) in [6, 6.07) is 14.8. The van der Waals surface area contributed by atoms with Gasteiger partial charge in [-0.15, -0.1) is 21.5 Å². The molecule has 6 nitrogen and oxygen atoms in total. The Bertz CT molecular complexity index is 1040. The molecule has 0 radical (unpaired) electrons. The number of thioether (sulfide) groups is 1. The molecule has 0 aliphatic heterocycles. The second-order valence-electron chi connectivity index (χ2n) is 5.38. The first kappa shape index (κ1) is 16.7. The first-order valence-electron chi connectivity index (χ1n) is 7.81. The number of rotatable bonds is 6. The number of nitrogens with zero attached hydrogens (tertiary/aromatic N) is 4. The quantitative estimate of drug-likeness (QED) is 0.373. The van der Waals surface area contributed by atoms with Crippen LogP contribution in [0.4, 0.5) is 0 Å². The maximum atomic E-state index is 12.4. The monoisotopic (exact) mass is 382 g/mol. The van der Waals surface area contributed by atoms with E-state index < -0.39 is 0 Å². The maximum Gasteiger partial charge on any atom is 0.195 e. The molecular weight excluding hydrogens is 368 g/mol. The van der Waals surface area contributed by atoms with Crippen LogP contribution in [0, 0.1) is 0 Å². The topological polar surface area (TPSA) is 69.4 Å². The Morgan fingerprint density at radius 1 is 1.15 bits per heavy atom. The standard InChI is InChI=1S/C18H14N4O2S2/c1-24-13-6-4-12(5-7-13)14(23)11-26-17-9-8-16-19-20-18(22(16)21-17)15-3-2-10-25-15/h2-10H,11H2,1H3. The first-order chi connectivity index (χ1) is 12.7. The largest absolute Gasteiger partial charge is 0.497 e. The molecule has 0 atom stereocenters. The molecule has 0 spiro atoms. The van der Waals surface area contributed by atoms with Crippen LogP contribution >= 0.6 is 23.1 Å². The molecular formula is C18H14N4O2S2. The zero-order chi connectivity index (χ0) is 17.9. The van der Waals surface area contributed by atoms with Crippen LogP contribution < -0.4 is 4.74 Å². The summed E-state index contributed by atoms with van der Waals surface area (Å²) in [5.74, 6) is 1.79. The highest BCUT2D eigenvalue weighted by Gasteiger charge is 2.12. The van der Waals surface area contributed by atoms with Crippen molar-refractivity contribution in [2.45, 2.75) is 5.03 Å². The average Bonchev–Trinajstić information content (AvgIpc) is 3.35. The molecule has 0 bridgehead atoms. The van der Waals surface area contributed by atoms with Crippen LogP contribution in [0.1, 0.15) is 10.4 Å². The van der Waals surface area contributed by atoms with Crippen LogP contribution in [0.3, 0.4) is 0 Å². The lowest BCUT2D eigenvalue weighted by molar-refractivity contribution is 0.102. The third kappa shape index (κ3) is 3.33. The number of aromatic nitrogens is 4. The van der Waals surface area contributed by atoms with Gasteiger partial charge in [-0.3, -0.25) is 4.79 Å². The Labute approximate surface area is 157 Å². The second kappa shape index (κ2) is 7.27. The van der Waals surface area contributed by atoms with E-state index in [1.54, 1.807) is 47.2 Å². The van der Waals surface area contributed by atoms with Gasteiger partial charge in [-0.25, -0.2) is 0 Å². The molecule has 3 heterocycles. The van der Waals surface area contributed by atoms with Crippen molar-refractivity contribution < 1.29 is 9.53 Å². The zero-order valence-corrected chi connectivity index (χ0v) is 15.5. The van der Waals surface area contributed by atoms with Crippen LogP contribution in [0.15, 0.2) is 58.9 Å². The Morgan fingerprint density at radius 3 is 2.73 bits per heavy atom. The zero-order valence-electron chi connectivity index (χ0n) is 13.8. The fourth-order valence-electron chi connectivity index (χ4n) is 2.41. The minimum absolute atomic E-state index is 0.0433. The number of hydrogen-bond donors (Lipinski definition) is 0. The molecule has 0 amide bonds. The van der Waals surface area contributed by atoms with Gasteiger partial charge in [-0.1, -0.05) is 17.8 Å². The van der Waals surface area contributed by atoms with Gasteiger partial charge in [0.15, 0.2) is 17.3 Å². The van der Waals surface area contributed by atoms with Crippen molar-refractivity contribution in [3.05, 3.63) is 59.5 Å². The van der Waals surface area contributed by atoms with E-state index in [0.29, 0.717) is 22.8 Å². The van der Waals surface area contributed by atoms with Crippen LogP contribution in [0.2, 0.25) is 0 Å². The maximum absolute atomic E-state index is 12.4. The lowest BCUT2D eigenvalue weighted by atomic mass is 10.1. The number of carbonyl (C=O) groups excluding carboxylic acids is 1. The summed E-state index contributed by atoms with van der Waals surface area (Å²) in [7, 11) is 1.60. The number of benzene rings is 1. The van der Waals surface area contributed by atoms with Gasteiger partial charge >= 0.3 is 0 Å². The van der Waals surface area contributed by atoms with E-state index in [4.69, 9.17) is 4.74 Å².